The summed E-state index contributed by atoms with van der Waals surface area (Å²) in [4.78, 5) is 47.9. The molecule has 0 saturated carbocycles. The van der Waals surface area contributed by atoms with Gasteiger partial charge in [-0.15, -0.1) is 5.10 Å². The minimum absolute atomic E-state index is 0.179. The van der Waals surface area contributed by atoms with Crippen LogP contribution in [0.5, 0.6) is 0 Å². The van der Waals surface area contributed by atoms with Crippen molar-refractivity contribution in [1.82, 2.24) is 15.0 Å². The predicted molar refractivity (Wildman–Crippen MR) is 131 cm³/mol. The van der Waals surface area contributed by atoms with E-state index in [1.165, 1.54) is 31.7 Å². The molecule has 1 aromatic carbocycles. The molecular formula is C25H28ClN3O9. The predicted octanol–water partition coefficient (Wildman–Crippen LogP) is 2.66. The normalized spacial score (nSPS) is 20.3. The summed E-state index contributed by atoms with van der Waals surface area (Å²) in [5.41, 5.74) is 1.14. The van der Waals surface area contributed by atoms with Crippen LogP contribution in [0.1, 0.15) is 33.7 Å². The van der Waals surface area contributed by atoms with Gasteiger partial charge in [0.05, 0.1) is 24.4 Å². The number of nitrogens with zero attached hydrogens (tertiary/aromatic N) is 3. The second-order valence-electron chi connectivity index (χ2n) is 8.54. The van der Waals surface area contributed by atoms with Gasteiger partial charge in [0.1, 0.15) is 18.4 Å². The fraction of sp³-hybridized carbons (Fsp3) is 0.440. The number of hydrogen-bond acceptors (Lipinski definition) is 11. The maximum atomic E-state index is 12.5. The van der Waals surface area contributed by atoms with Gasteiger partial charge in [-0.05, 0) is 12.1 Å². The lowest BCUT2D eigenvalue weighted by molar-refractivity contribution is -0.190. The van der Waals surface area contributed by atoms with Crippen molar-refractivity contribution in [1.29, 1.82) is 0 Å². The summed E-state index contributed by atoms with van der Waals surface area (Å²) in [5, 5.41) is 8.93. The van der Waals surface area contributed by atoms with E-state index in [4.69, 9.17) is 35.3 Å². The van der Waals surface area contributed by atoms with Crippen molar-refractivity contribution in [3.8, 4) is 11.3 Å². The Hall–Kier alpha value is -3.93. The standard InChI is InChI=1S/C25H28ClN3O9/c1-13-20(29-11-19(27-28-29)17-8-6-7-9-18(17)26)10-21(25(33)34-5)38-23(13)24(37-16(4)32)22(36-15(3)31)12-35-14(2)30/h6-11,13,20,22-24H,12H2,1-5H3/t13-,20+,22?,23-,24-/m1/s1. The summed E-state index contributed by atoms with van der Waals surface area (Å²) >= 11 is 6.31. The van der Waals surface area contributed by atoms with Gasteiger partial charge in [0, 0.05) is 32.3 Å². The molecule has 0 saturated heterocycles. The SMILES string of the molecule is COC(=O)C1=C[C@H](n2cc(-c3ccccc3Cl)nn2)[C@@H](C)[C@H]([C@H](OC(C)=O)C(COC(C)=O)OC(C)=O)O1. The molecule has 0 aliphatic carbocycles. The van der Waals surface area contributed by atoms with Crippen LogP contribution in [0.25, 0.3) is 11.3 Å². The molecule has 204 valence electrons. The van der Waals surface area contributed by atoms with Crippen LogP contribution in [0.4, 0.5) is 0 Å². The number of halogens is 1. The molecule has 1 aliphatic rings. The van der Waals surface area contributed by atoms with Crippen molar-refractivity contribution < 1.29 is 42.9 Å². The maximum Gasteiger partial charge on any atom is 0.373 e. The number of rotatable bonds is 9. The number of ether oxygens (including phenoxy) is 5. The summed E-state index contributed by atoms with van der Waals surface area (Å²) in [6.07, 6.45) is -0.404. The van der Waals surface area contributed by atoms with Crippen LogP contribution in [-0.2, 0) is 42.9 Å². The van der Waals surface area contributed by atoms with Crippen molar-refractivity contribution in [2.45, 2.75) is 52.0 Å². The lowest BCUT2D eigenvalue weighted by Gasteiger charge is -2.40. The van der Waals surface area contributed by atoms with Gasteiger partial charge in [-0.2, -0.15) is 0 Å². The molecule has 38 heavy (non-hydrogen) atoms. The van der Waals surface area contributed by atoms with Gasteiger partial charge in [0.2, 0.25) is 5.76 Å². The van der Waals surface area contributed by atoms with Crippen LogP contribution in [0, 0.1) is 5.92 Å². The van der Waals surface area contributed by atoms with Gasteiger partial charge in [0.15, 0.2) is 12.2 Å². The van der Waals surface area contributed by atoms with Crippen molar-refractivity contribution >= 4 is 35.5 Å². The molecular weight excluding hydrogens is 522 g/mol. The molecule has 0 amide bonds. The van der Waals surface area contributed by atoms with E-state index in [0.717, 1.165) is 6.92 Å². The van der Waals surface area contributed by atoms with Crippen LogP contribution in [0.15, 0.2) is 42.3 Å². The lowest BCUT2D eigenvalue weighted by Crippen LogP contribution is -2.52. The number of esters is 4. The van der Waals surface area contributed by atoms with Crippen molar-refractivity contribution in [2.75, 3.05) is 13.7 Å². The van der Waals surface area contributed by atoms with E-state index >= 15 is 0 Å². The van der Waals surface area contributed by atoms with E-state index in [2.05, 4.69) is 10.3 Å². The average Bonchev–Trinajstić information content (AvgIpc) is 3.34. The molecule has 13 heteroatoms. The molecule has 3 rings (SSSR count). The van der Waals surface area contributed by atoms with Gasteiger partial charge in [-0.1, -0.05) is 41.9 Å². The van der Waals surface area contributed by atoms with Gasteiger partial charge in [0.25, 0.3) is 0 Å². The number of methoxy groups -OCH3 is 1. The Balaban J connectivity index is 2.04. The number of hydrogen-bond donors (Lipinski definition) is 0. The Morgan fingerprint density at radius 2 is 1.76 bits per heavy atom. The van der Waals surface area contributed by atoms with E-state index in [-0.39, 0.29) is 5.76 Å². The maximum absolute atomic E-state index is 12.5. The Morgan fingerprint density at radius 1 is 1.08 bits per heavy atom. The van der Waals surface area contributed by atoms with Crippen LogP contribution in [0.2, 0.25) is 5.02 Å². The summed E-state index contributed by atoms with van der Waals surface area (Å²) in [6, 6.07) is 6.47. The van der Waals surface area contributed by atoms with Gasteiger partial charge >= 0.3 is 23.9 Å². The molecule has 2 heterocycles. The Labute approximate surface area is 223 Å². The molecule has 1 aliphatic heterocycles. The Kier molecular flexibility index (Phi) is 9.45. The summed E-state index contributed by atoms with van der Waals surface area (Å²) < 4.78 is 28.2. The van der Waals surface area contributed by atoms with E-state index in [1.54, 1.807) is 31.3 Å². The quantitative estimate of drug-likeness (QED) is 0.336. The third-order valence-electron chi connectivity index (χ3n) is 5.75. The molecule has 1 unspecified atom stereocenters. The first-order valence-electron chi connectivity index (χ1n) is 11.6. The zero-order valence-electron chi connectivity index (χ0n) is 21.5. The average molecular weight is 550 g/mol. The monoisotopic (exact) mass is 549 g/mol. The number of benzene rings is 1. The van der Waals surface area contributed by atoms with Crippen LogP contribution < -0.4 is 0 Å². The number of carbonyl (C=O) groups is 4. The zero-order valence-corrected chi connectivity index (χ0v) is 22.2. The number of aromatic nitrogens is 3. The molecule has 0 N–H and O–H groups in total. The second-order valence-corrected chi connectivity index (χ2v) is 8.95. The first-order chi connectivity index (χ1) is 18.0. The third kappa shape index (κ3) is 6.88. The molecule has 0 radical (unpaired) electrons. The fourth-order valence-electron chi connectivity index (χ4n) is 4.06. The highest BCUT2D eigenvalue weighted by Gasteiger charge is 2.46. The van der Waals surface area contributed by atoms with Crippen molar-refractivity contribution in [3.05, 3.63) is 47.3 Å². The number of allylic oxidation sites excluding steroid dienone is 1. The van der Waals surface area contributed by atoms with Crippen molar-refractivity contribution in [3.63, 3.8) is 0 Å². The van der Waals surface area contributed by atoms with E-state index in [9.17, 15) is 19.2 Å². The Morgan fingerprint density at radius 3 is 2.37 bits per heavy atom. The summed E-state index contributed by atoms with van der Waals surface area (Å²) in [5.74, 6) is -3.56. The second kappa shape index (κ2) is 12.5. The minimum atomic E-state index is -1.27. The van der Waals surface area contributed by atoms with Gasteiger partial charge in [-0.25, -0.2) is 9.48 Å². The number of carbonyl (C=O) groups excluding carboxylic acids is 4. The summed E-state index contributed by atoms with van der Waals surface area (Å²) in [6.45, 7) is 4.86. The van der Waals surface area contributed by atoms with Crippen LogP contribution in [-0.4, -0.2) is 70.9 Å². The van der Waals surface area contributed by atoms with Gasteiger partial charge in [-0.3, -0.25) is 14.4 Å². The van der Waals surface area contributed by atoms with Crippen molar-refractivity contribution in [2.24, 2.45) is 5.92 Å². The molecule has 0 bridgehead atoms. The fourth-order valence-corrected chi connectivity index (χ4v) is 4.30. The van der Waals surface area contributed by atoms with Crippen LogP contribution in [0.3, 0.4) is 0 Å². The third-order valence-corrected chi connectivity index (χ3v) is 6.08. The van der Waals surface area contributed by atoms with Gasteiger partial charge < -0.3 is 23.7 Å². The lowest BCUT2D eigenvalue weighted by atomic mass is 9.87. The molecule has 5 atom stereocenters. The highest BCUT2D eigenvalue weighted by molar-refractivity contribution is 6.33. The van der Waals surface area contributed by atoms with E-state index in [1.807, 2.05) is 6.07 Å². The highest BCUT2D eigenvalue weighted by atomic mass is 35.5. The molecule has 0 fully saturated rings. The first-order valence-corrected chi connectivity index (χ1v) is 12.0. The highest BCUT2D eigenvalue weighted by Crippen LogP contribution is 2.37. The molecule has 2 aromatic rings. The van der Waals surface area contributed by atoms with E-state index < -0.39 is 60.8 Å². The van der Waals surface area contributed by atoms with Crippen LogP contribution >= 0.6 is 11.6 Å². The molecule has 0 spiro atoms. The molecule has 1 aromatic heterocycles. The Bertz CT molecular complexity index is 1230. The largest absolute Gasteiger partial charge is 0.479 e. The van der Waals surface area contributed by atoms with E-state index in [0.29, 0.717) is 16.3 Å². The smallest absolute Gasteiger partial charge is 0.373 e. The first kappa shape index (κ1) is 28.6. The zero-order chi connectivity index (χ0) is 28.0. The molecule has 12 nitrogen and oxygen atoms in total. The summed E-state index contributed by atoms with van der Waals surface area (Å²) in [7, 11) is 1.19. The minimum Gasteiger partial charge on any atom is -0.479 e. The topological polar surface area (TPSA) is 145 Å².